The van der Waals surface area contributed by atoms with Gasteiger partial charge in [-0.3, -0.25) is 5.43 Å². The topological polar surface area (TPSA) is 50.6 Å². The van der Waals surface area contributed by atoms with Gasteiger partial charge in [0.05, 0.1) is 12.3 Å². The van der Waals surface area contributed by atoms with Crippen LogP contribution in [0.25, 0.3) is 0 Å². The van der Waals surface area contributed by atoms with E-state index in [1.807, 2.05) is 6.21 Å². The molecule has 0 unspecified atom stereocenters. The Hall–Kier alpha value is -1.40. The van der Waals surface area contributed by atoms with Crippen LogP contribution in [0.1, 0.15) is 62.4 Å². The summed E-state index contributed by atoms with van der Waals surface area (Å²) in [5.74, 6) is 0.671. The van der Waals surface area contributed by atoms with E-state index in [0.717, 1.165) is 25.1 Å². The number of rotatable bonds is 5. The summed E-state index contributed by atoms with van der Waals surface area (Å²) in [5.41, 5.74) is 6.58. The summed E-state index contributed by atoms with van der Waals surface area (Å²) >= 11 is 5.40. The molecule has 2 N–H and O–H groups in total. The van der Waals surface area contributed by atoms with Crippen molar-refractivity contribution < 1.29 is 4.74 Å². The average molecular weight is 377 g/mol. The van der Waals surface area contributed by atoms with Crippen LogP contribution < -0.4 is 10.7 Å². The summed E-state index contributed by atoms with van der Waals surface area (Å²) in [6.07, 6.45) is 9.62. The highest BCUT2D eigenvalue weighted by Crippen LogP contribution is 2.23. The smallest absolute Gasteiger partial charge is 0.187 e. The molecule has 0 bridgehead atoms. The molecule has 1 saturated heterocycles. The van der Waals surface area contributed by atoms with Crippen molar-refractivity contribution in [1.82, 2.24) is 15.3 Å². The lowest BCUT2D eigenvalue weighted by atomic mass is 9.86. The molecule has 1 aromatic heterocycles. The minimum atomic E-state index is 0.344. The van der Waals surface area contributed by atoms with E-state index >= 15 is 0 Å². The molecule has 6 heteroatoms. The zero-order chi connectivity index (χ0) is 18.5. The maximum absolute atomic E-state index is 5.78. The number of hydrogen-bond acceptors (Lipinski definition) is 3. The molecular formula is C20H32N4OS. The van der Waals surface area contributed by atoms with Crippen molar-refractivity contribution in [2.75, 3.05) is 6.61 Å². The van der Waals surface area contributed by atoms with Crippen LogP contribution in [0.5, 0.6) is 0 Å². The van der Waals surface area contributed by atoms with Gasteiger partial charge in [0.2, 0.25) is 0 Å². The van der Waals surface area contributed by atoms with Crippen molar-refractivity contribution in [2.45, 2.75) is 78.0 Å². The predicted octanol–water partition coefficient (Wildman–Crippen LogP) is 3.66. The van der Waals surface area contributed by atoms with E-state index in [1.54, 1.807) is 0 Å². The Kier molecular flexibility index (Phi) is 6.70. The maximum Gasteiger partial charge on any atom is 0.187 e. The van der Waals surface area contributed by atoms with Crippen LogP contribution in [-0.2, 0) is 11.3 Å². The quantitative estimate of drug-likeness (QED) is 0.468. The van der Waals surface area contributed by atoms with Gasteiger partial charge >= 0.3 is 0 Å². The molecule has 1 saturated carbocycles. The molecule has 2 aliphatic rings. The first-order valence-corrected chi connectivity index (χ1v) is 10.3. The van der Waals surface area contributed by atoms with Crippen molar-refractivity contribution in [2.24, 2.45) is 11.0 Å². The highest BCUT2D eigenvalue weighted by atomic mass is 32.1. The molecule has 26 heavy (non-hydrogen) atoms. The monoisotopic (exact) mass is 376 g/mol. The molecule has 3 atom stereocenters. The van der Waals surface area contributed by atoms with Crippen molar-refractivity contribution in [3.63, 3.8) is 0 Å². The van der Waals surface area contributed by atoms with Crippen molar-refractivity contribution in [3.8, 4) is 0 Å². The molecule has 0 radical (unpaired) electrons. The van der Waals surface area contributed by atoms with Gasteiger partial charge in [0, 0.05) is 36.1 Å². The lowest BCUT2D eigenvalue weighted by Gasteiger charge is -2.30. The molecule has 1 aliphatic heterocycles. The number of aromatic nitrogens is 1. The normalized spacial score (nSPS) is 26.3. The van der Waals surface area contributed by atoms with Gasteiger partial charge in [0.25, 0.3) is 0 Å². The number of aryl methyl sites for hydroxylation is 1. The first kappa shape index (κ1) is 19.4. The summed E-state index contributed by atoms with van der Waals surface area (Å²) in [7, 11) is 0. The Morgan fingerprint density at radius 1 is 1.31 bits per heavy atom. The second-order valence-electron chi connectivity index (χ2n) is 7.78. The van der Waals surface area contributed by atoms with Crippen LogP contribution in [0.15, 0.2) is 11.2 Å². The zero-order valence-corrected chi connectivity index (χ0v) is 17.1. The zero-order valence-electron chi connectivity index (χ0n) is 16.3. The van der Waals surface area contributed by atoms with Gasteiger partial charge in [0.15, 0.2) is 5.11 Å². The van der Waals surface area contributed by atoms with Gasteiger partial charge in [-0.15, -0.1) is 0 Å². The van der Waals surface area contributed by atoms with Crippen LogP contribution in [-0.4, -0.2) is 34.6 Å². The SMILES string of the molecule is Cc1cc(/C=N\NC(=S)N[C@H]2CCCC[C@@H]2C)c(C)n1C[C@@H]1CCCO1. The third-order valence-corrected chi connectivity index (χ3v) is 6.03. The van der Waals surface area contributed by atoms with Gasteiger partial charge in [-0.25, -0.2) is 0 Å². The van der Waals surface area contributed by atoms with Crippen LogP contribution in [0.3, 0.4) is 0 Å². The highest BCUT2D eigenvalue weighted by Gasteiger charge is 2.21. The Labute approximate surface area is 162 Å². The molecule has 144 valence electrons. The number of hydrogen-bond donors (Lipinski definition) is 2. The number of nitrogens with one attached hydrogen (secondary N) is 2. The molecule has 3 rings (SSSR count). The molecule has 0 spiro atoms. The second-order valence-corrected chi connectivity index (χ2v) is 8.19. The van der Waals surface area contributed by atoms with E-state index < -0.39 is 0 Å². The molecular weight excluding hydrogens is 344 g/mol. The van der Waals surface area contributed by atoms with E-state index in [2.05, 4.69) is 47.2 Å². The minimum Gasteiger partial charge on any atom is -0.376 e. The van der Waals surface area contributed by atoms with Gasteiger partial charge in [-0.05, 0) is 63.7 Å². The number of nitrogens with zero attached hydrogens (tertiary/aromatic N) is 2. The second kappa shape index (κ2) is 9.00. The molecule has 2 fully saturated rings. The molecule has 0 amide bonds. The molecule has 5 nitrogen and oxygen atoms in total. The Morgan fingerprint density at radius 3 is 2.85 bits per heavy atom. The number of ether oxygens (including phenoxy) is 1. The summed E-state index contributed by atoms with van der Waals surface area (Å²) in [5, 5.41) is 8.39. The summed E-state index contributed by atoms with van der Waals surface area (Å²) < 4.78 is 8.11. The van der Waals surface area contributed by atoms with Gasteiger partial charge < -0.3 is 14.6 Å². The van der Waals surface area contributed by atoms with Gasteiger partial charge in [-0.2, -0.15) is 5.10 Å². The fourth-order valence-corrected chi connectivity index (χ4v) is 4.33. The first-order valence-electron chi connectivity index (χ1n) is 9.92. The third-order valence-electron chi connectivity index (χ3n) is 5.82. The van der Waals surface area contributed by atoms with Crippen molar-refractivity contribution in [3.05, 3.63) is 23.0 Å². The largest absolute Gasteiger partial charge is 0.376 e. The van der Waals surface area contributed by atoms with E-state index in [-0.39, 0.29) is 0 Å². The lowest BCUT2D eigenvalue weighted by molar-refractivity contribution is 0.0962. The number of hydrazone groups is 1. The first-order chi connectivity index (χ1) is 12.5. The minimum absolute atomic E-state index is 0.344. The predicted molar refractivity (Wildman–Crippen MR) is 111 cm³/mol. The fourth-order valence-electron chi connectivity index (χ4n) is 4.12. The van der Waals surface area contributed by atoms with Crippen molar-refractivity contribution in [1.29, 1.82) is 0 Å². The van der Waals surface area contributed by atoms with E-state index in [4.69, 9.17) is 17.0 Å². The summed E-state index contributed by atoms with van der Waals surface area (Å²) in [4.78, 5) is 0. The van der Waals surface area contributed by atoms with Crippen LogP contribution in [0, 0.1) is 19.8 Å². The Balaban J connectivity index is 1.53. The van der Waals surface area contributed by atoms with E-state index in [0.29, 0.717) is 23.2 Å². The van der Waals surface area contributed by atoms with Gasteiger partial charge in [-0.1, -0.05) is 19.8 Å². The molecule has 0 aromatic carbocycles. The van der Waals surface area contributed by atoms with E-state index in [9.17, 15) is 0 Å². The molecule has 1 aromatic rings. The molecule has 2 heterocycles. The standard InChI is InChI=1S/C20H32N4OS/c1-14-7-4-5-9-19(14)22-20(26)23-21-12-17-11-15(2)24(16(17)3)13-18-8-6-10-25-18/h11-12,14,18-19H,4-10,13H2,1-3H3,(H2,22,23,26)/b21-12-/t14-,18-,19-/m0/s1. The van der Waals surface area contributed by atoms with E-state index in [1.165, 1.54) is 43.5 Å². The molecule has 1 aliphatic carbocycles. The Bertz CT molecular complexity index is 648. The fraction of sp³-hybridized carbons (Fsp3) is 0.700. The van der Waals surface area contributed by atoms with Crippen molar-refractivity contribution >= 4 is 23.5 Å². The van der Waals surface area contributed by atoms with Crippen LogP contribution >= 0.6 is 12.2 Å². The number of thiocarbonyl (C=S) groups is 1. The Morgan fingerprint density at radius 2 is 2.12 bits per heavy atom. The third kappa shape index (κ3) is 4.86. The van der Waals surface area contributed by atoms with Crippen LogP contribution in [0.4, 0.5) is 0 Å². The summed E-state index contributed by atoms with van der Waals surface area (Å²) in [6, 6.07) is 2.64. The maximum atomic E-state index is 5.78. The average Bonchev–Trinajstić information content (AvgIpc) is 3.21. The van der Waals surface area contributed by atoms with Crippen LogP contribution in [0.2, 0.25) is 0 Å². The lowest BCUT2D eigenvalue weighted by Crippen LogP contribution is -2.44. The summed E-state index contributed by atoms with van der Waals surface area (Å²) in [6.45, 7) is 8.41. The highest BCUT2D eigenvalue weighted by molar-refractivity contribution is 7.80. The van der Waals surface area contributed by atoms with Gasteiger partial charge in [0.1, 0.15) is 0 Å².